The number of hydrogen-bond donors (Lipinski definition) is 0. The normalized spacial score (nSPS) is 10.5. The number of hydrogen-bond acceptors (Lipinski definition) is 3. The van der Waals surface area contributed by atoms with Gasteiger partial charge >= 0.3 is 23.1 Å². The van der Waals surface area contributed by atoms with Gasteiger partial charge in [0.25, 0.3) is 0 Å². The summed E-state index contributed by atoms with van der Waals surface area (Å²) in [5.74, 6) is -12.8. The van der Waals surface area contributed by atoms with Crippen molar-refractivity contribution in [2.45, 2.75) is 4.90 Å². The van der Waals surface area contributed by atoms with Crippen LogP contribution in [0.2, 0.25) is 0 Å². The van der Waals surface area contributed by atoms with Crippen LogP contribution in [0.25, 0.3) is 0 Å². The van der Waals surface area contributed by atoms with Crippen molar-refractivity contribution in [3.8, 4) is 0 Å². The summed E-state index contributed by atoms with van der Waals surface area (Å²) in [4.78, 5) is -2.38. The zero-order valence-corrected chi connectivity index (χ0v) is 11.4. The Balaban J connectivity index is 0. The third kappa shape index (κ3) is 3.50. The number of rotatable bonds is 1. The van der Waals surface area contributed by atoms with Crippen molar-refractivity contribution in [3.05, 3.63) is 29.1 Å². The fourth-order valence-electron chi connectivity index (χ4n) is 0.804. The standard InChI is InChI=1S/C6HF5O3S.BrH.Mg/c7-1-2(8)4(10)6(15(12,13)14)5(11)3(1)9;;/h(H,12,13,14);1H;/q;;+2/p-2. The maximum absolute atomic E-state index is 12.6. The van der Waals surface area contributed by atoms with E-state index < -0.39 is 44.1 Å². The summed E-state index contributed by atoms with van der Waals surface area (Å²) in [6, 6.07) is 0. The predicted octanol–water partition coefficient (Wildman–Crippen LogP) is -2.09. The average Bonchev–Trinajstić information content (AvgIpc) is 2.09. The Labute approximate surface area is 119 Å². The first-order chi connectivity index (χ1) is 6.68. The van der Waals surface area contributed by atoms with E-state index in [1.54, 1.807) is 0 Å². The van der Waals surface area contributed by atoms with Gasteiger partial charge in [0.2, 0.25) is 5.82 Å². The van der Waals surface area contributed by atoms with E-state index >= 15 is 0 Å². The second-order valence-electron chi connectivity index (χ2n) is 2.35. The Kier molecular flexibility index (Phi) is 7.14. The van der Waals surface area contributed by atoms with Gasteiger partial charge in [-0.15, -0.1) is 0 Å². The van der Waals surface area contributed by atoms with Crippen molar-refractivity contribution in [1.82, 2.24) is 0 Å². The van der Waals surface area contributed by atoms with E-state index in [-0.39, 0.29) is 40.0 Å². The van der Waals surface area contributed by atoms with Gasteiger partial charge in [-0.1, -0.05) is 0 Å². The molecule has 1 aromatic rings. The van der Waals surface area contributed by atoms with E-state index in [0.717, 1.165) is 0 Å². The minimum absolute atomic E-state index is 0. The number of halogens is 6. The summed E-state index contributed by atoms with van der Waals surface area (Å²) < 4.78 is 92.9. The Hall–Kier alpha value is 0.0262. The summed E-state index contributed by atoms with van der Waals surface area (Å²) >= 11 is 0. The molecule has 0 aromatic heterocycles. The molecule has 0 saturated heterocycles. The third-order valence-electron chi connectivity index (χ3n) is 1.42. The van der Waals surface area contributed by atoms with Crippen molar-refractivity contribution in [3.63, 3.8) is 0 Å². The van der Waals surface area contributed by atoms with Gasteiger partial charge in [0.05, 0.1) is 0 Å². The molecule has 0 aliphatic rings. The zero-order chi connectivity index (χ0) is 12.0. The van der Waals surface area contributed by atoms with Crippen LogP contribution in [0.4, 0.5) is 22.0 Å². The summed E-state index contributed by atoms with van der Waals surface area (Å²) in [5, 5.41) is 0. The Morgan fingerprint density at radius 1 is 0.765 bits per heavy atom. The SMILES string of the molecule is O=S(=O)([O-])c1c(F)c(F)c(F)c(F)c1F.[Br-].[Mg+2]. The van der Waals surface area contributed by atoms with Gasteiger partial charge in [-0.2, -0.15) is 0 Å². The summed E-state index contributed by atoms with van der Waals surface area (Å²) in [6.45, 7) is 0. The molecular weight excluding hydrogens is 351 g/mol. The van der Waals surface area contributed by atoms with Gasteiger partial charge < -0.3 is 21.5 Å². The van der Waals surface area contributed by atoms with Crippen LogP contribution in [0.15, 0.2) is 4.90 Å². The average molecular weight is 351 g/mol. The van der Waals surface area contributed by atoms with Gasteiger partial charge in [-0.25, -0.2) is 30.4 Å². The molecule has 0 bridgehead atoms. The van der Waals surface area contributed by atoms with Crippen molar-refractivity contribution in [2.24, 2.45) is 0 Å². The molecular formula is C6BrF5MgO3S. The van der Waals surface area contributed by atoms with Crippen LogP contribution >= 0.6 is 0 Å². The zero-order valence-electron chi connectivity index (χ0n) is 7.61. The Morgan fingerprint density at radius 2 is 1.00 bits per heavy atom. The second-order valence-corrected chi connectivity index (χ2v) is 3.67. The van der Waals surface area contributed by atoms with Crippen LogP contribution in [0.1, 0.15) is 0 Å². The van der Waals surface area contributed by atoms with Crippen LogP contribution in [0, 0.1) is 29.1 Å². The Bertz CT molecular complexity index is 506. The van der Waals surface area contributed by atoms with Crippen LogP contribution in [0.5, 0.6) is 0 Å². The predicted molar refractivity (Wildman–Crippen MR) is 39.9 cm³/mol. The smallest absolute Gasteiger partial charge is 1.00 e. The van der Waals surface area contributed by atoms with Gasteiger partial charge in [0.1, 0.15) is 15.0 Å². The molecule has 92 valence electrons. The fraction of sp³-hybridized carbons (Fsp3) is 0. The van der Waals surface area contributed by atoms with Gasteiger partial charge in [-0.05, 0) is 0 Å². The molecule has 0 atom stereocenters. The molecule has 0 aliphatic carbocycles. The molecule has 0 fully saturated rings. The molecule has 3 nitrogen and oxygen atoms in total. The quantitative estimate of drug-likeness (QED) is 0.192. The van der Waals surface area contributed by atoms with Crippen LogP contribution in [-0.2, 0) is 10.1 Å². The molecule has 1 aromatic carbocycles. The summed E-state index contributed by atoms with van der Waals surface area (Å²) in [6.07, 6.45) is 0. The first-order valence-corrected chi connectivity index (χ1v) is 4.56. The maximum atomic E-state index is 12.6. The van der Waals surface area contributed by atoms with E-state index in [4.69, 9.17) is 0 Å². The first kappa shape index (κ1) is 19.4. The molecule has 0 N–H and O–H groups in total. The largest absolute Gasteiger partial charge is 2.00 e. The van der Waals surface area contributed by atoms with Crippen LogP contribution < -0.4 is 17.0 Å². The van der Waals surface area contributed by atoms with Gasteiger partial charge in [-0.3, -0.25) is 0 Å². The van der Waals surface area contributed by atoms with Crippen LogP contribution in [-0.4, -0.2) is 36.0 Å². The van der Waals surface area contributed by atoms with E-state index in [2.05, 4.69) is 0 Å². The molecule has 1 rings (SSSR count). The van der Waals surface area contributed by atoms with Crippen molar-refractivity contribution in [2.75, 3.05) is 0 Å². The monoisotopic (exact) mass is 350 g/mol. The molecule has 0 unspecified atom stereocenters. The Morgan fingerprint density at radius 3 is 1.24 bits per heavy atom. The minimum atomic E-state index is -5.77. The van der Waals surface area contributed by atoms with Gasteiger partial charge in [0, 0.05) is 0 Å². The summed E-state index contributed by atoms with van der Waals surface area (Å²) in [5.41, 5.74) is 0. The van der Waals surface area contributed by atoms with E-state index in [1.807, 2.05) is 0 Å². The second kappa shape index (κ2) is 6.27. The third-order valence-corrected chi connectivity index (χ3v) is 2.28. The number of benzene rings is 1. The van der Waals surface area contributed by atoms with Crippen molar-refractivity contribution >= 4 is 33.2 Å². The van der Waals surface area contributed by atoms with Crippen LogP contribution in [0.3, 0.4) is 0 Å². The molecule has 0 heterocycles. The molecule has 0 radical (unpaired) electrons. The van der Waals surface area contributed by atoms with E-state index in [9.17, 15) is 34.9 Å². The molecule has 0 spiro atoms. The summed E-state index contributed by atoms with van der Waals surface area (Å²) in [7, 11) is -5.77. The molecule has 17 heavy (non-hydrogen) atoms. The first-order valence-electron chi connectivity index (χ1n) is 3.15. The molecule has 0 saturated carbocycles. The molecule has 0 aliphatic heterocycles. The maximum Gasteiger partial charge on any atom is 2.00 e. The van der Waals surface area contributed by atoms with Gasteiger partial charge in [0.15, 0.2) is 23.3 Å². The van der Waals surface area contributed by atoms with E-state index in [0.29, 0.717) is 0 Å². The van der Waals surface area contributed by atoms with Crippen molar-refractivity contribution in [1.29, 1.82) is 0 Å². The van der Waals surface area contributed by atoms with E-state index in [1.165, 1.54) is 0 Å². The molecule has 0 amide bonds. The topological polar surface area (TPSA) is 57.2 Å². The minimum Gasteiger partial charge on any atom is -1.00 e. The fourth-order valence-corrected chi connectivity index (χ4v) is 1.42. The van der Waals surface area contributed by atoms with Crippen molar-refractivity contribution < 1.29 is 51.9 Å². The molecule has 11 heteroatoms.